The summed E-state index contributed by atoms with van der Waals surface area (Å²) in [6, 6.07) is 9.12. The zero-order chi connectivity index (χ0) is 23.9. The van der Waals surface area contributed by atoms with Gasteiger partial charge in [0, 0.05) is 32.8 Å². The Balaban J connectivity index is 2.06. The van der Waals surface area contributed by atoms with E-state index in [0.717, 1.165) is 5.56 Å². The standard InChI is InChI=1S/C22H28N4O6/c1-22(2,3)32-21(29)24-17(20(28)26(4)5)12-14-6-9-16(10-7-14)31-18-11-8-15(13-23-18)19(27)25-30/h6-11,13,17,30H,12H2,1-5H3,(H,24,29)(H,25,27)/t17-/m0/s1. The van der Waals surface area contributed by atoms with Crippen molar-refractivity contribution < 1.29 is 29.1 Å². The molecule has 0 aliphatic rings. The van der Waals surface area contributed by atoms with Gasteiger partial charge in [-0.25, -0.2) is 15.3 Å². The van der Waals surface area contributed by atoms with E-state index in [2.05, 4.69) is 10.3 Å². The van der Waals surface area contributed by atoms with Crippen LogP contribution in [-0.2, 0) is 16.0 Å². The van der Waals surface area contributed by atoms with Crippen LogP contribution in [0.2, 0.25) is 0 Å². The molecule has 1 atom stereocenters. The predicted molar refractivity (Wildman–Crippen MR) is 116 cm³/mol. The molecule has 0 bridgehead atoms. The molecule has 2 rings (SSSR count). The third-order valence-electron chi connectivity index (χ3n) is 4.12. The van der Waals surface area contributed by atoms with E-state index in [1.54, 1.807) is 59.1 Å². The largest absolute Gasteiger partial charge is 0.444 e. The van der Waals surface area contributed by atoms with Gasteiger partial charge >= 0.3 is 6.09 Å². The molecule has 0 saturated heterocycles. The van der Waals surface area contributed by atoms with Crippen LogP contribution >= 0.6 is 0 Å². The molecule has 0 saturated carbocycles. The van der Waals surface area contributed by atoms with E-state index in [0.29, 0.717) is 5.75 Å². The number of rotatable bonds is 7. The molecule has 0 spiro atoms. The van der Waals surface area contributed by atoms with Crippen LogP contribution in [0.4, 0.5) is 4.79 Å². The third kappa shape index (κ3) is 7.55. The number of pyridine rings is 1. The Morgan fingerprint density at radius 2 is 1.75 bits per heavy atom. The molecule has 1 heterocycles. The monoisotopic (exact) mass is 444 g/mol. The molecule has 0 radical (unpaired) electrons. The first-order valence-corrected chi connectivity index (χ1v) is 9.86. The number of hydrogen-bond donors (Lipinski definition) is 3. The van der Waals surface area contributed by atoms with Crippen LogP contribution in [0.15, 0.2) is 42.6 Å². The zero-order valence-corrected chi connectivity index (χ0v) is 18.7. The zero-order valence-electron chi connectivity index (χ0n) is 18.7. The highest BCUT2D eigenvalue weighted by molar-refractivity contribution is 5.93. The Bertz CT molecular complexity index is 936. The van der Waals surface area contributed by atoms with Gasteiger partial charge in [-0.1, -0.05) is 12.1 Å². The summed E-state index contributed by atoms with van der Waals surface area (Å²) in [6.07, 6.45) is 0.872. The number of ether oxygens (including phenoxy) is 2. The van der Waals surface area contributed by atoms with Gasteiger partial charge in [0.1, 0.15) is 17.4 Å². The van der Waals surface area contributed by atoms with Gasteiger partial charge in [-0.05, 0) is 44.5 Å². The van der Waals surface area contributed by atoms with Crippen molar-refractivity contribution in [2.45, 2.75) is 38.8 Å². The quantitative estimate of drug-likeness (QED) is 0.442. The van der Waals surface area contributed by atoms with Gasteiger partial charge in [-0.3, -0.25) is 14.8 Å². The molecular formula is C22H28N4O6. The highest BCUT2D eigenvalue weighted by Gasteiger charge is 2.25. The molecule has 3 amide bonds. The fourth-order valence-corrected chi connectivity index (χ4v) is 2.65. The van der Waals surface area contributed by atoms with Gasteiger partial charge in [-0.2, -0.15) is 0 Å². The van der Waals surface area contributed by atoms with E-state index in [-0.39, 0.29) is 23.8 Å². The van der Waals surface area contributed by atoms with E-state index in [9.17, 15) is 14.4 Å². The summed E-state index contributed by atoms with van der Waals surface area (Å²) in [6.45, 7) is 5.24. The van der Waals surface area contributed by atoms with Crippen molar-refractivity contribution in [1.29, 1.82) is 0 Å². The Hall–Kier alpha value is -3.66. The number of carbonyl (C=O) groups is 3. The first kappa shape index (κ1) is 24.6. The summed E-state index contributed by atoms with van der Waals surface area (Å²) in [5.74, 6) is -0.168. The average molecular weight is 444 g/mol. The SMILES string of the molecule is CN(C)C(=O)[C@H](Cc1ccc(Oc2ccc(C(=O)NO)cn2)cc1)NC(=O)OC(C)(C)C. The number of carbonyl (C=O) groups excluding carboxylic acids is 3. The van der Waals surface area contributed by atoms with Crippen LogP contribution in [0.5, 0.6) is 11.6 Å². The minimum Gasteiger partial charge on any atom is -0.444 e. The molecule has 10 heteroatoms. The van der Waals surface area contributed by atoms with E-state index < -0.39 is 23.6 Å². The maximum absolute atomic E-state index is 12.5. The number of alkyl carbamates (subject to hydrolysis) is 1. The van der Waals surface area contributed by atoms with Crippen molar-refractivity contribution in [2.24, 2.45) is 0 Å². The number of hydrogen-bond acceptors (Lipinski definition) is 7. The molecular weight excluding hydrogens is 416 g/mol. The Kier molecular flexibility index (Phi) is 8.14. The van der Waals surface area contributed by atoms with Crippen molar-refractivity contribution in [3.8, 4) is 11.6 Å². The van der Waals surface area contributed by atoms with Crippen molar-refractivity contribution in [3.63, 3.8) is 0 Å². The lowest BCUT2D eigenvalue weighted by Gasteiger charge is -2.25. The molecule has 0 unspecified atom stereocenters. The number of likely N-dealkylation sites (N-methyl/N-ethyl adjacent to an activating group) is 1. The number of hydroxylamine groups is 1. The van der Waals surface area contributed by atoms with Crippen LogP contribution in [-0.4, -0.2) is 58.7 Å². The van der Waals surface area contributed by atoms with E-state index in [4.69, 9.17) is 14.7 Å². The first-order chi connectivity index (χ1) is 15.0. The number of benzene rings is 1. The second-order valence-corrected chi connectivity index (χ2v) is 8.21. The molecule has 0 aliphatic carbocycles. The van der Waals surface area contributed by atoms with Gasteiger partial charge in [0.25, 0.3) is 5.91 Å². The van der Waals surface area contributed by atoms with Gasteiger partial charge in [0.2, 0.25) is 11.8 Å². The van der Waals surface area contributed by atoms with Gasteiger partial charge in [0.05, 0.1) is 5.56 Å². The van der Waals surface area contributed by atoms with E-state index in [1.807, 2.05) is 0 Å². The fourth-order valence-electron chi connectivity index (χ4n) is 2.65. The lowest BCUT2D eigenvalue weighted by molar-refractivity contribution is -0.130. The normalized spacial score (nSPS) is 11.8. The highest BCUT2D eigenvalue weighted by Crippen LogP contribution is 2.21. The number of nitrogens with one attached hydrogen (secondary N) is 2. The summed E-state index contributed by atoms with van der Waals surface area (Å²) >= 11 is 0. The summed E-state index contributed by atoms with van der Waals surface area (Å²) in [7, 11) is 3.23. The van der Waals surface area contributed by atoms with Gasteiger partial charge < -0.3 is 19.7 Å². The summed E-state index contributed by atoms with van der Waals surface area (Å²) in [5, 5.41) is 11.3. The Morgan fingerprint density at radius 1 is 1.09 bits per heavy atom. The highest BCUT2D eigenvalue weighted by atomic mass is 16.6. The van der Waals surface area contributed by atoms with E-state index >= 15 is 0 Å². The Morgan fingerprint density at radius 3 is 2.25 bits per heavy atom. The number of amides is 3. The molecule has 172 valence electrons. The summed E-state index contributed by atoms with van der Waals surface area (Å²) < 4.78 is 10.9. The minimum atomic E-state index is -0.793. The Labute approximate surface area is 186 Å². The molecule has 3 N–H and O–H groups in total. The molecule has 0 aliphatic heterocycles. The number of nitrogens with zero attached hydrogens (tertiary/aromatic N) is 2. The molecule has 0 fully saturated rings. The average Bonchev–Trinajstić information content (AvgIpc) is 2.72. The van der Waals surface area contributed by atoms with Gasteiger partial charge in [-0.15, -0.1) is 0 Å². The fraction of sp³-hybridized carbons (Fsp3) is 0.364. The van der Waals surface area contributed by atoms with Crippen LogP contribution in [0.25, 0.3) is 0 Å². The van der Waals surface area contributed by atoms with Gasteiger partial charge in [0.15, 0.2) is 0 Å². The topological polar surface area (TPSA) is 130 Å². The van der Waals surface area contributed by atoms with Crippen LogP contribution in [0.1, 0.15) is 36.7 Å². The maximum Gasteiger partial charge on any atom is 0.408 e. The molecule has 2 aromatic rings. The molecule has 1 aromatic carbocycles. The van der Waals surface area contributed by atoms with E-state index in [1.165, 1.54) is 28.7 Å². The smallest absolute Gasteiger partial charge is 0.408 e. The summed E-state index contributed by atoms with van der Waals surface area (Å²) in [5.41, 5.74) is 1.84. The third-order valence-corrected chi connectivity index (χ3v) is 4.12. The predicted octanol–water partition coefficient (Wildman–Crippen LogP) is 2.52. The van der Waals surface area contributed by atoms with Crippen molar-refractivity contribution in [2.75, 3.05) is 14.1 Å². The summed E-state index contributed by atoms with van der Waals surface area (Å²) in [4.78, 5) is 41.4. The number of aromatic nitrogens is 1. The van der Waals surface area contributed by atoms with Crippen LogP contribution < -0.4 is 15.5 Å². The van der Waals surface area contributed by atoms with Crippen molar-refractivity contribution >= 4 is 17.9 Å². The maximum atomic E-state index is 12.5. The molecule has 10 nitrogen and oxygen atoms in total. The second-order valence-electron chi connectivity index (χ2n) is 8.21. The molecule has 1 aromatic heterocycles. The molecule has 32 heavy (non-hydrogen) atoms. The van der Waals surface area contributed by atoms with Crippen molar-refractivity contribution in [3.05, 3.63) is 53.7 Å². The first-order valence-electron chi connectivity index (χ1n) is 9.86. The lowest BCUT2D eigenvalue weighted by atomic mass is 10.0. The van der Waals surface area contributed by atoms with Crippen LogP contribution in [0, 0.1) is 0 Å². The van der Waals surface area contributed by atoms with Crippen molar-refractivity contribution in [1.82, 2.24) is 20.7 Å². The minimum absolute atomic E-state index is 0.185. The second kappa shape index (κ2) is 10.6. The van der Waals surface area contributed by atoms with Crippen LogP contribution in [0.3, 0.4) is 0 Å². The lowest BCUT2D eigenvalue weighted by Crippen LogP contribution is -2.48.